The lowest BCUT2D eigenvalue weighted by Crippen LogP contribution is -3.08. The number of hydrogen-bond acceptors (Lipinski definition) is 2. The summed E-state index contributed by atoms with van der Waals surface area (Å²) in [6.07, 6.45) is 6.35. The molecule has 0 aliphatic carbocycles. The normalized spacial score (nSPS) is 20.7. The van der Waals surface area contributed by atoms with Crippen LogP contribution in [0.5, 0.6) is 0 Å². The quantitative estimate of drug-likeness (QED) is 0.446. The second-order valence-electron chi connectivity index (χ2n) is 2.82. The first kappa shape index (κ1) is 8.20. The SMILES string of the molecule is O=[N+]([O-])/C=C/[NH+]1CCCCC1. The highest BCUT2D eigenvalue weighted by Crippen LogP contribution is 1.94. The Morgan fingerprint density at radius 1 is 1.27 bits per heavy atom. The van der Waals surface area contributed by atoms with Crippen molar-refractivity contribution in [1.82, 2.24) is 0 Å². The minimum absolute atomic E-state index is 0.401. The Labute approximate surface area is 65.6 Å². The second-order valence-corrected chi connectivity index (χ2v) is 2.82. The van der Waals surface area contributed by atoms with Crippen molar-refractivity contribution in [1.29, 1.82) is 0 Å². The van der Waals surface area contributed by atoms with Crippen molar-refractivity contribution in [3.8, 4) is 0 Å². The lowest BCUT2D eigenvalue weighted by Gasteiger charge is -2.17. The number of piperidine rings is 1. The van der Waals surface area contributed by atoms with Crippen molar-refractivity contribution in [3.05, 3.63) is 22.5 Å². The van der Waals surface area contributed by atoms with Crippen molar-refractivity contribution >= 4 is 0 Å². The fourth-order valence-electron chi connectivity index (χ4n) is 1.34. The molecule has 0 aromatic carbocycles. The predicted octanol–water partition coefficient (Wildman–Crippen LogP) is -0.197. The molecule has 1 rings (SSSR count). The maximum atomic E-state index is 9.95. The van der Waals surface area contributed by atoms with Crippen molar-refractivity contribution in [2.45, 2.75) is 19.3 Å². The molecule has 0 aromatic heterocycles. The van der Waals surface area contributed by atoms with E-state index in [9.17, 15) is 10.1 Å². The highest BCUT2D eigenvalue weighted by atomic mass is 16.6. The molecule has 1 saturated heterocycles. The van der Waals surface area contributed by atoms with Gasteiger partial charge in [0.15, 0.2) is 6.20 Å². The average molecular weight is 157 g/mol. The molecule has 0 amide bonds. The summed E-state index contributed by atoms with van der Waals surface area (Å²) in [5, 5.41) is 9.95. The van der Waals surface area contributed by atoms with E-state index >= 15 is 0 Å². The standard InChI is InChI=1S/C7H12N2O2/c10-9(11)7-6-8-4-2-1-3-5-8/h6-7H,1-5H2/p+1/b7-6+. The molecule has 0 unspecified atom stereocenters. The summed E-state index contributed by atoms with van der Waals surface area (Å²) >= 11 is 0. The van der Waals surface area contributed by atoms with Crippen LogP contribution in [-0.2, 0) is 0 Å². The summed E-state index contributed by atoms with van der Waals surface area (Å²) in [6.45, 7) is 2.09. The summed E-state index contributed by atoms with van der Waals surface area (Å²) in [6, 6.07) is 0. The third-order valence-electron chi connectivity index (χ3n) is 1.93. The Morgan fingerprint density at radius 3 is 2.45 bits per heavy atom. The second kappa shape index (κ2) is 4.08. The predicted molar refractivity (Wildman–Crippen MR) is 40.7 cm³/mol. The Hall–Kier alpha value is -0.900. The zero-order chi connectivity index (χ0) is 8.10. The van der Waals surface area contributed by atoms with Gasteiger partial charge in [0, 0.05) is 0 Å². The van der Waals surface area contributed by atoms with Gasteiger partial charge in [-0.1, -0.05) is 0 Å². The topological polar surface area (TPSA) is 47.6 Å². The third-order valence-corrected chi connectivity index (χ3v) is 1.93. The van der Waals surface area contributed by atoms with Crippen molar-refractivity contribution in [2.75, 3.05) is 13.1 Å². The van der Waals surface area contributed by atoms with Gasteiger partial charge in [0.1, 0.15) is 0 Å². The first-order valence-electron chi connectivity index (χ1n) is 3.95. The third kappa shape index (κ3) is 3.13. The van der Waals surface area contributed by atoms with Crippen LogP contribution in [0.15, 0.2) is 12.4 Å². The van der Waals surface area contributed by atoms with E-state index in [0.29, 0.717) is 0 Å². The van der Waals surface area contributed by atoms with E-state index in [1.54, 1.807) is 6.20 Å². The molecule has 0 spiro atoms. The van der Waals surface area contributed by atoms with E-state index in [1.807, 2.05) is 0 Å². The lowest BCUT2D eigenvalue weighted by molar-refractivity contribution is -0.854. The molecule has 0 aromatic rings. The zero-order valence-corrected chi connectivity index (χ0v) is 6.45. The van der Waals surface area contributed by atoms with E-state index < -0.39 is 4.92 Å². The van der Waals surface area contributed by atoms with E-state index in [-0.39, 0.29) is 0 Å². The van der Waals surface area contributed by atoms with Crippen LogP contribution in [0.3, 0.4) is 0 Å². The molecule has 0 saturated carbocycles. The first-order chi connectivity index (χ1) is 5.29. The highest BCUT2D eigenvalue weighted by molar-refractivity contribution is 4.59. The molecule has 4 nitrogen and oxygen atoms in total. The van der Waals surface area contributed by atoms with Crippen LogP contribution in [0.25, 0.3) is 0 Å². The molecule has 62 valence electrons. The first-order valence-corrected chi connectivity index (χ1v) is 3.95. The maximum Gasteiger partial charge on any atom is 0.286 e. The fourth-order valence-corrected chi connectivity index (χ4v) is 1.34. The van der Waals surface area contributed by atoms with Gasteiger partial charge in [0.05, 0.1) is 18.0 Å². The molecule has 1 heterocycles. The van der Waals surface area contributed by atoms with Gasteiger partial charge in [-0.25, -0.2) is 0 Å². The number of nitrogens with zero attached hydrogens (tertiary/aromatic N) is 1. The van der Waals surface area contributed by atoms with Gasteiger partial charge in [0.2, 0.25) is 0 Å². The average Bonchev–Trinajstić information content (AvgIpc) is 2.03. The Bertz CT molecular complexity index is 162. The maximum absolute atomic E-state index is 9.95. The molecular formula is C7H13N2O2+. The van der Waals surface area contributed by atoms with Gasteiger partial charge >= 0.3 is 0 Å². The van der Waals surface area contributed by atoms with E-state index in [2.05, 4.69) is 0 Å². The van der Waals surface area contributed by atoms with Crippen LogP contribution >= 0.6 is 0 Å². The Balaban J connectivity index is 2.29. The molecule has 1 aliphatic rings. The monoisotopic (exact) mass is 157 g/mol. The molecule has 0 radical (unpaired) electrons. The van der Waals surface area contributed by atoms with Crippen molar-refractivity contribution < 1.29 is 9.82 Å². The zero-order valence-electron chi connectivity index (χ0n) is 6.45. The van der Waals surface area contributed by atoms with Gasteiger partial charge in [-0.2, -0.15) is 0 Å². The molecule has 0 atom stereocenters. The van der Waals surface area contributed by atoms with Gasteiger partial charge < -0.3 is 4.90 Å². The summed E-state index contributed by atoms with van der Waals surface area (Å²) in [7, 11) is 0. The minimum Gasteiger partial charge on any atom is -0.303 e. The highest BCUT2D eigenvalue weighted by Gasteiger charge is 2.10. The summed E-state index contributed by atoms with van der Waals surface area (Å²) in [5.74, 6) is 0. The summed E-state index contributed by atoms with van der Waals surface area (Å²) in [4.78, 5) is 10.8. The largest absolute Gasteiger partial charge is 0.303 e. The van der Waals surface area contributed by atoms with Crippen LogP contribution < -0.4 is 4.90 Å². The smallest absolute Gasteiger partial charge is 0.286 e. The molecule has 11 heavy (non-hydrogen) atoms. The number of hydrogen-bond donors (Lipinski definition) is 1. The van der Waals surface area contributed by atoms with Crippen molar-refractivity contribution in [2.24, 2.45) is 0 Å². The molecule has 1 N–H and O–H groups in total. The molecule has 1 aliphatic heterocycles. The molecule has 1 fully saturated rings. The van der Waals surface area contributed by atoms with Crippen molar-refractivity contribution in [3.63, 3.8) is 0 Å². The lowest BCUT2D eigenvalue weighted by atomic mass is 10.1. The van der Waals surface area contributed by atoms with Crippen LogP contribution in [0.1, 0.15) is 19.3 Å². The van der Waals surface area contributed by atoms with Crippen LogP contribution in [-0.4, -0.2) is 18.0 Å². The number of quaternary nitrogens is 1. The fraction of sp³-hybridized carbons (Fsp3) is 0.714. The molecular weight excluding hydrogens is 144 g/mol. The summed E-state index contributed by atoms with van der Waals surface area (Å²) < 4.78 is 0. The Morgan fingerprint density at radius 2 is 1.91 bits per heavy atom. The van der Waals surface area contributed by atoms with E-state index in [1.165, 1.54) is 24.2 Å². The van der Waals surface area contributed by atoms with Crippen LogP contribution in [0.4, 0.5) is 0 Å². The summed E-state index contributed by atoms with van der Waals surface area (Å²) in [5.41, 5.74) is 0. The number of likely N-dealkylation sites (tertiary alicyclic amines) is 1. The van der Waals surface area contributed by atoms with Crippen LogP contribution in [0.2, 0.25) is 0 Å². The molecule has 4 heteroatoms. The Kier molecular flexibility index (Phi) is 3.04. The minimum atomic E-state index is -0.401. The number of nitrogens with one attached hydrogen (secondary N) is 1. The van der Waals surface area contributed by atoms with Gasteiger partial charge in [-0.3, -0.25) is 10.1 Å². The van der Waals surface area contributed by atoms with E-state index in [0.717, 1.165) is 19.3 Å². The van der Waals surface area contributed by atoms with Crippen LogP contribution in [0, 0.1) is 10.1 Å². The van der Waals surface area contributed by atoms with E-state index in [4.69, 9.17) is 0 Å². The van der Waals surface area contributed by atoms with Gasteiger partial charge in [0.25, 0.3) is 6.20 Å². The molecule has 0 bridgehead atoms. The number of nitro groups is 1. The number of rotatable bonds is 2. The van der Waals surface area contributed by atoms with Gasteiger partial charge in [-0.15, -0.1) is 0 Å². The van der Waals surface area contributed by atoms with Gasteiger partial charge in [-0.05, 0) is 19.3 Å².